The zero-order valence-corrected chi connectivity index (χ0v) is 8.94. The molecule has 0 spiro atoms. The van der Waals surface area contributed by atoms with E-state index in [1.54, 1.807) is 33.6 Å². The Morgan fingerprint density at radius 2 is 2.40 bits per heavy atom. The molecule has 0 heterocycles. The molecule has 1 rings (SSSR count). The third-order valence-electron chi connectivity index (χ3n) is 1.83. The van der Waals surface area contributed by atoms with E-state index in [1.807, 2.05) is 0 Å². The van der Waals surface area contributed by atoms with Gasteiger partial charge in [0.1, 0.15) is 0 Å². The molecule has 0 aromatic heterocycles. The molecule has 0 amide bonds. The number of allylic oxidation sites excluding steroid dienone is 4. The van der Waals surface area contributed by atoms with Gasteiger partial charge in [-0.25, -0.2) is 0 Å². The van der Waals surface area contributed by atoms with Crippen molar-refractivity contribution in [2.75, 3.05) is 0 Å². The molecule has 0 radical (unpaired) electrons. The Bertz CT molecular complexity index is 166. The van der Waals surface area contributed by atoms with Crippen LogP contribution in [0.15, 0.2) is 21.0 Å². The average molecular weight is 212 g/mol. The van der Waals surface area contributed by atoms with Crippen LogP contribution in [-0.4, -0.2) is 0 Å². The second-order valence-electron chi connectivity index (χ2n) is 2.71. The van der Waals surface area contributed by atoms with Gasteiger partial charge in [-0.15, -0.1) is 0 Å². The molecule has 0 aromatic carbocycles. The molecule has 0 atom stereocenters. The Hall–Kier alpha value is 0.363. The summed E-state index contributed by atoms with van der Waals surface area (Å²) in [5.41, 5.74) is 1.63. The summed E-state index contributed by atoms with van der Waals surface area (Å²) in [5, 5.41) is 0. The summed E-state index contributed by atoms with van der Waals surface area (Å²) < 4.78 is 1.67. The van der Waals surface area contributed by atoms with Gasteiger partial charge in [-0.05, 0) is 0 Å². The van der Waals surface area contributed by atoms with Gasteiger partial charge in [0.2, 0.25) is 0 Å². The van der Waals surface area contributed by atoms with E-state index in [2.05, 4.69) is 19.1 Å². The van der Waals surface area contributed by atoms with Gasteiger partial charge in [0, 0.05) is 0 Å². The molecule has 1 heteroatoms. The predicted molar refractivity (Wildman–Crippen MR) is 40.3 cm³/mol. The minimum atomic E-state index is 1.23. The Morgan fingerprint density at radius 1 is 1.60 bits per heavy atom. The first-order valence-corrected chi connectivity index (χ1v) is 5.17. The van der Waals surface area contributed by atoms with Gasteiger partial charge in [-0.1, -0.05) is 0 Å². The number of hydrogen-bond acceptors (Lipinski definition) is 0. The average Bonchev–Trinajstić information content (AvgIpc) is 2.31. The van der Waals surface area contributed by atoms with Crippen LogP contribution in [0.4, 0.5) is 0 Å². The maximum absolute atomic E-state index is 2.31. The van der Waals surface area contributed by atoms with Crippen LogP contribution >= 0.6 is 0 Å². The van der Waals surface area contributed by atoms with Crippen molar-refractivity contribution in [2.24, 2.45) is 0 Å². The molecule has 0 N–H and O–H groups in total. The van der Waals surface area contributed by atoms with Gasteiger partial charge >= 0.3 is 78.3 Å². The standard InChI is InChI=1S/C9H13.Zr/c1-2-3-6-9-7-4-5-8-9;/h4,7H,2-3,5-6H2,1H3;. The van der Waals surface area contributed by atoms with Crippen molar-refractivity contribution in [1.29, 1.82) is 0 Å². The Balaban J connectivity index is 2.38. The van der Waals surface area contributed by atoms with Crippen molar-refractivity contribution in [2.45, 2.75) is 32.6 Å². The molecule has 0 fully saturated rings. The van der Waals surface area contributed by atoms with Crippen LogP contribution in [0.3, 0.4) is 0 Å². The molecule has 53 valence electrons. The maximum atomic E-state index is 2.31. The Kier molecular flexibility index (Phi) is 3.62. The molecule has 0 saturated carbocycles. The summed E-state index contributed by atoms with van der Waals surface area (Å²) in [4.78, 5) is 0. The van der Waals surface area contributed by atoms with E-state index < -0.39 is 0 Å². The first-order valence-electron chi connectivity index (χ1n) is 3.94. The summed E-state index contributed by atoms with van der Waals surface area (Å²) in [7, 11) is 0. The van der Waals surface area contributed by atoms with E-state index in [4.69, 9.17) is 0 Å². The minimum absolute atomic E-state index is 1.23. The number of rotatable bonds is 3. The van der Waals surface area contributed by atoms with E-state index in [0.29, 0.717) is 0 Å². The van der Waals surface area contributed by atoms with Crippen molar-refractivity contribution < 1.29 is 24.7 Å². The summed E-state index contributed by atoms with van der Waals surface area (Å²) in [5.74, 6) is 0. The molecule has 0 aromatic rings. The van der Waals surface area contributed by atoms with Crippen LogP contribution in [0.1, 0.15) is 32.6 Å². The summed E-state index contributed by atoms with van der Waals surface area (Å²) in [6.07, 6.45) is 9.82. The van der Waals surface area contributed by atoms with Crippen LogP contribution in [-0.2, 0) is 24.7 Å². The first kappa shape index (κ1) is 8.46. The number of hydrogen-bond donors (Lipinski definition) is 0. The van der Waals surface area contributed by atoms with Crippen molar-refractivity contribution in [3.8, 4) is 0 Å². The van der Waals surface area contributed by atoms with Crippen LogP contribution in [0, 0.1) is 0 Å². The molecular weight excluding hydrogens is 199 g/mol. The van der Waals surface area contributed by atoms with Crippen molar-refractivity contribution >= 4 is 0 Å². The van der Waals surface area contributed by atoms with Crippen LogP contribution in [0.5, 0.6) is 0 Å². The van der Waals surface area contributed by atoms with E-state index >= 15 is 0 Å². The van der Waals surface area contributed by atoms with Gasteiger partial charge in [-0.2, -0.15) is 0 Å². The zero-order chi connectivity index (χ0) is 7.40. The third-order valence-corrected chi connectivity index (χ3v) is 3.12. The fourth-order valence-corrected chi connectivity index (χ4v) is 1.95. The van der Waals surface area contributed by atoms with Crippen molar-refractivity contribution in [3.63, 3.8) is 0 Å². The fourth-order valence-electron chi connectivity index (χ4n) is 1.15. The summed E-state index contributed by atoms with van der Waals surface area (Å²) in [6, 6.07) is 0. The SMILES string of the molecule is CCCCC1=[C]([Zr])CC=C1. The summed E-state index contributed by atoms with van der Waals surface area (Å²) in [6.45, 7) is 2.25. The second-order valence-corrected chi connectivity index (χ2v) is 4.20. The van der Waals surface area contributed by atoms with E-state index in [-0.39, 0.29) is 0 Å². The fraction of sp³-hybridized carbons (Fsp3) is 0.556. The second kappa shape index (κ2) is 4.28. The third kappa shape index (κ3) is 2.20. The zero-order valence-electron chi connectivity index (χ0n) is 6.48. The van der Waals surface area contributed by atoms with Crippen LogP contribution in [0.2, 0.25) is 0 Å². The normalized spacial score (nSPS) is 16.8. The molecule has 0 aliphatic heterocycles. The Labute approximate surface area is 78.2 Å². The molecule has 1 aliphatic carbocycles. The molecule has 0 nitrogen and oxygen atoms in total. The first-order chi connectivity index (χ1) is 4.84. The monoisotopic (exact) mass is 211 g/mol. The quantitative estimate of drug-likeness (QED) is 0.675. The Morgan fingerprint density at radius 3 is 2.90 bits per heavy atom. The van der Waals surface area contributed by atoms with Gasteiger partial charge in [0.05, 0.1) is 0 Å². The van der Waals surface area contributed by atoms with E-state index in [0.717, 1.165) is 0 Å². The molecule has 10 heavy (non-hydrogen) atoms. The van der Waals surface area contributed by atoms with E-state index in [1.165, 1.54) is 25.7 Å². The van der Waals surface area contributed by atoms with E-state index in [9.17, 15) is 0 Å². The van der Waals surface area contributed by atoms with Gasteiger partial charge in [0.25, 0.3) is 0 Å². The molecule has 0 saturated heterocycles. The summed E-state index contributed by atoms with van der Waals surface area (Å²) >= 11 is 1.61. The van der Waals surface area contributed by atoms with Crippen molar-refractivity contribution in [3.05, 3.63) is 21.0 Å². The predicted octanol–water partition coefficient (Wildman–Crippen LogP) is 2.94. The van der Waals surface area contributed by atoms with Gasteiger partial charge < -0.3 is 0 Å². The van der Waals surface area contributed by atoms with Gasteiger partial charge in [0.15, 0.2) is 0 Å². The molecule has 0 unspecified atom stereocenters. The molecule has 0 bridgehead atoms. The van der Waals surface area contributed by atoms with Crippen LogP contribution in [0.25, 0.3) is 0 Å². The molecule has 1 aliphatic rings. The number of unbranched alkanes of at least 4 members (excludes halogenated alkanes) is 1. The molecular formula is C9H13Zr. The van der Waals surface area contributed by atoms with Crippen LogP contribution < -0.4 is 0 Å². The van der Waals surface area contributed by atoms with Gasteiger partial charge in [-0.3, -0.25) is 0 Å². The topological polar surface area (TPSA) is 0 Å². The van der Waals surface area contributed by atoms with Crippen molar-refractivity contribution in [1.82, 2.24) is 0 Å².